The molecule has 1 rings (SSSR count). The molecule has 0 spiro atoms. The van der Waals surface area contributed by atoms with E-state index in [9.17, 15) is 4.79 Å². The number of carbonyl (C=O) groups is 1. The van der Waals surface area contributed by atoms with Gasteiger partial charge in [0.1, 0.15) is 5.60 Å². The first-order valence-corrected chi connectivity index (χ1v) is 5.43. The van der Waals surface area contributed by atoms with E-state index in [4.69, 9.17) is 9.84 Å². The Kier molecular flexibility index (Phi) is 4.17. The predicted molar refractivity (Wildman–Crippen MR) is 59.3 cm³/mol. The SMILES string of the molecule is COC(C)(C)c1nnnn1CCC(C)C(=O)O. The summed E-state index contributed by atoms with van der Waals surface area (Å²) in [5.41, 5.74) is -0.587. The molecule has 96 valence electrons. The van der Waals surface area contributed by atoms with Crippen molar-refractivity contribution in [2.75, 3.05) is 7.11 Å². The number of hydrogen-bond donors (Lipinski definition) is 1. The van der Waals surface area contributed by atoms with E-state index < -0.39 is 17.5 Å². The van der Waals surface area contributed by atoms with Gasteiger partial charge in [-0.15, -0.1) is 5.10 Å². The van der Waals surface area contributed by atoms with E-state index in [2.05, 4.69) is 15.5 Å². The minimum atomic E-state index is -0.814. The Balaban J connectivity index is 2.73. The van der Waals surface area contributed by atoms with Crippen LogP contribution in [0.1, 0.15) is 33.0 Å². The second-order valence-corrected chi connectivity index (χ2v) is 4.47. The van der Waals surface area contributed by atoms with Gasteiger partial charge >= 0.3 is 5.97 Å². The molecule has 1 aromatic heterocycles. The lowest BCUT2D eigenvalue weighted by Crippen LogP contribution is -2.26. The van der Waals surface area contributed by atoms with Gasteiger partial charge in [-0.2, -0.15) is 0 Å². The third kappa shape index (κ3) is 3.23. The third-order valence-electron chi connectivity index (χ3n) is 2.78. The van der Waals surface area contributed by atoms with Gasteiger partial charge in [-0.05, 0) is 30.7 Å². The summed E-state index contributed by atoms with van der Waals surface area (Å²) in [7, 11) is 1.58. The lowest BCUT2D eigenvalue weighted by Gasteiger charge is -2.21. The highest BCUT2D eigenvalue weighted by Gasteiger charge is 2.27. The van der Waals surface area contributed by atoms with Gasteiger partial charge in [0.25, 0.3) is 0 Å². The fourth-order valence-corrected chi connectivity index (χ4v) is 1.32. The van der Waals surface area contributed by atoms with Crippen LogP contribution in [0, 0.1) is 5.92 Å². The average Bonchev–Trinajstić information content (AvgIpc) is 2.74. The second-order valence-electron chi connectivity index (χ2n) is 4.47. The number of nitrogens with zero attached hydrogens (tertiary/aromatic N) is 4. The van der Waals surface area contributed by atoms with E-state index >= 15 is 0 Å². The first kappa shape index (κ1) is 13.6. The minimum absolute atomic E-state index is 0.419. The van der Waals surface area contributed by atoms with Crippen LogP contribution in [0.3, 0.4) is 0 Å². The quantitative estimate of drug-likeness (QED) is 0.788. The van der Waals surface area contributed by atoms with Crippen molar-refractivity contribution in [3.63, 3.8) is 0 Å². The molecule has 0 saturated heterocycles. The summed E-state index contributed by atoms with van der Waals surface area (Å²) in [6.07, 6.45) is 0.479. The van der Waals surface area contributed by atoms with Crippen LogP contribution in [0.4, 0.5) is 0 Å². The number of aliphatic carboxylic acids is 1. The number of aryl methyl sites for hydroxylation is 1. The maximum Gasteiger partial charge on any atom is 0.306 e. The Bertz CT molecular complexity index is 389. The highest BCUT2D eigenvalue weighted by atomic mass is 16.5. The van der Waals surface area contributed by atoms with Crippen molar-refractivity contribution in [1.82, 2.24) is 20.2 Å². The molecule has 1 atom stereocenters. The lowest BCUT2D eigenvalue weighted by molar-refractivity contribution is -0.141. The summed E-state index contributed by atoms with van der Waals surface area (Å²) in [5, 5.41) is 20.2. The molecule has 0 bridgehead atoms. The number of carboxylic acids is 1. The number of ether oxygens (including phenoxy) is 1. The fourth-order valence-electron chi connectivity index (χ4n) is 1.32. The molecule has 1 heterocycles. The maximum atomic E-state index is 10.7. The van der Waals surface area contributed by atoms with Gasteiger partial charge in [0.15, 0.2) is 5.82 Å². The van der Waals surface area contributed by atoms with E-state index in [0.717, 1.165) is 0 Å². The van der Waals surface area contributed by atoms with Crippen molar-refractivity contribution >= 4 is 5.97 Å². The first-order valence-electron chi connectivity index (χ1n) is 5.43. The number of aromatic nitrogens is 4. The highest BCUT2D eigenvalue weighted by molar-refractivity contribution is 5.69. The largest absolute Gasteiger partial charge is 0.481 e. The van der Waals surface area contributed by atoms with Gasteiger partial charge in [-0.1, -0.05) is 6.92 Å². The van der Waals surface area contributed by atoms with Gasteiger partial charge in [0, 0.05) is 13.7 Å². The van der Waals surface area contributed by atoms with E-state index in [1.807, 2.05) is 13.8 Å². The Labute approximate surface area is 99.8 Å². The summed E-state index contributed by atoms with van der Waals surface area (Å²) >= 11 is 0. The zero-order valence-electron chi connectivity index (χ0n) is 10.5. The van der Waals surface area contributed by atoms with Crippen LogP contribution in [-0.4, -0.2) is 38.4 Å². The monoisotopic (exact) mass is 242 g/mol. The Morgan fingerprint density at radius 3 is 2.76 bits per heavy atom. The smallest absolute Gasteiger partial charge is 0.306 e. The molecule has 17 heavy (non-hydrogen) atoms. The summed E-state index contributed by atoms with van der Waals surface area (Å²) in [4.78, 5) is 10.7. The summed E-state index contributed by atoms with van der Waals surface area (Å²) in [5.74, 6) is -0.638. The van der Waals surface area contributed by atoms with Crippen molar-refractivity contribution in [3.8, 4) is 0 Å². The molecule has 7 nitrogen and oxygen atoms in total. The second kappa shape index (κ2) is 5.22. The first-order chi connectivity index (χ1) is 7.88. The Hall–Kier alpha value is -1.50. The molecule has 0 aliphatic carbocycles. The topological polar surface area (TPSA) is 90.1 Å². The van der Waals surface area contributed by atoms with Crippen LogP contribution in [0.15, 0.2) is 0 Å². The van der Waals surface area contributed by atoms with Gasteiger partial charge in [0.2, 0.25) is 0 Å². The van der Waals surface area contributed by atoms with E-state index in [1.165, 1.54) is 0 Å². The molecule has 0 amide bonds. The zero-order valence-corrected chi connectivity index (χ0v) is 10.5. The van der Waals surface area contributed by atoms with Crippen molar-refractivity contribution in [3.05, 3.63) is 5.82 Å². The molecule has 0 aromatic carbocycles. The standard InChI is InChI=1S/C10H18N4O3/c1-7(8(15)16)5-6-14-9(11-12-13-14)10(2,3)17-4/h7H,5-6H2,1-4H3,(H,15,16). The van der Waals surface area contributed by atoms with Gasteiger partial charge in [-0.3, -0.25) is 4.79 Å². The van der Waals surface area contributed by atoms with Crippen molar-refractivity contribution in [1.29, 1.82) is 0 Å². The third-order valence-corrected chi connectivity index (χ3v) is 2.78. The van der Waals surface area contributed by atoms with E-state index in [0.29, 0.717) is 18.8 Å². The van der Waals surface area contributed by atoms with Gasteiger partial charge < -0.3 is 9.84 Å². The molecule has 0 fully saturated rings. The molecule has 0 aliphatic heterocycles. The maximum absolute atomic E-state index is 10.7. The number of rotatable bonds is 6. The van der Waals surface area contributed by atoms with Crippen molar-refractivity contribution < 1.29 is 14.6 Å². The minimum Gasteiger partial charge on any atom is -0.481 e. The summed E-state index contributed by atoms with van der Waals surface area (Å²) in [6.45, 7) is 5.84. The number of carboxylic acid groups (broad SMARTS) is 1. The molecular formula is C10H18N4O3. The van der Waals surface area contributed by atoms with E-state index in [1.54, 1.807) is 18.7 Å². The van der Waals surface area contributed by atoms with Crippen LogP contribution >= 0.6 is 0 Å². The van der Waals surface area contributed by atoms with Crippen LogP contribution in [0.25, 0.3) is 0 Å². The van der Waals surface area contributed by atoms with Gasteiger partial charge in [-0.25, -0.2) is 4.68 Å². The average molecular weight is 242 g/mol. The van der Waals surface area contributed by atoms with Crippen LogP contribution in [0.5, 0.6) is 0 Å². The molecule has 1 aromatic rings. The normalized spacial score (nSPS) is 13.6. The van der Waals surface area contributed by atoms with Crippen LogP contribution < -0.4 is 0 Å². The Morgan fingerprint density at radius 1 is 1.59 bits per heavy atom. The lowest BCUT2D eigenvalue weighted by atomic mass is 10.1. The predicted octanol–water partition coefficient (Wildman–Crippen LogP) is 0.665. The molecule has 0 radical (unpaired) electrons. The number of hydrogen-bond acceptors (Lipinski definition) is 5. The zero-order chi connectivity index (χ0) is 13.1. The molecule has 1 N–H and O–H groups in total. The fraction of sp³-hybridized carbons (Fsp3) is 0.800. The molecule has 0 saturated carbocycles. The molecule has 1 unspecified atom stereocenters. The van der Waals surface area contributed by atoms with E-state index in [-0.39, 0.29) is 0 Å². The molecule has 7 heteroatoms. The van der Waals surface area contributed by atoms with Gasteiger partial charge in [0.05, 0.1) is 5.92 Å². The number of tetrazole rings is 1. The van der Waals surface area contributed by atoms with Crippen LogP contribution in [0.2, 0.25) is 0 Å². The number of methoxy groups -OCH3 is 1. The van der Waals surface area contributed by atoms with Crippen molar-refractivity contribution in [2.24, 2.45) is 5.92 Å². The van der Waals surface area contributed by atoms with Crippen LogP contribution in [-0.2, 0) is 21.7 Å². The summed E-state index contributed by atoms with van der Waals surface area (Å²) < 4.78 is 6.88. The Morgan fingerprint density at radius 2 is 2.24 bits per heavy atom. The molecule has 0 aliphatic rings. The van der Waals surface area contributed by atoms with Crippen molar-refractivity contribution in [2.45, 2.75) is 39.3 Å². The summed E-state index contributed by atoms with van der Waals surface area (Å²) in [6, 6.07) is 0. The highest BCUT2D eigenvalue weighted by Crippen LogP contribution is 2.21. The molecular weight excluding hydrogens is 224 g/mol.